The zero-order valence-corrected chi connectivity index (χ0v) is 19.0. The first-order valence-corrected chi connectivity index (χ1v) is 11.0. The Kier molecular flexibility index (Phi) is 6.73. The number of aromatic nitrogens is 1. The molecule has 0 saturated carbocycles. The minimum atomic E-state index is -1.25. The average Bonchev–Trinajstić information content (AvgIpc) is 3.22. The molecule has 0 aliphatic carbocycles. The van der Waals surface area contributed by atoms with Crippen molar-refractivity contribution in [2.45, 2.75) is 13.5 Å². The van der Waals surface area contributed by atoms with Crippen LogP contribution in [0, 0.1) is 29.9 Å². The largest absolute Gasteiger partial charge is 0.477 e. The van der Waals surface area contributed by atoms with Crippen LogP contribution in [-0.2, 0) is 6.54 Å². The van der Waals surface area contributed by atoms with Crippen molar-refractivity contribution < 1.29 is 28.2 Å². The van der Waals surface area contributed by atoms with E-state index in [4.69, 9.17) is 15.2 Å². The summed E-state index contributed by atoms with van der Waals surface area (Å²) in [6.07, 6.45) is 0. The number of halogens is 2. The fourth-order valence-corrected chi connectivity index (χ4v) is 4.05. The zero-order valence-electron chi connectivity index (χ0n) is 18.2. The molecule has 10 heteroatoms. The number of nitrogens with zero attached hydrogens (tertiary/aromatic N) is 2. The minimum absolute atomic E-state index is 0.0822. The zero-order chi connectivity index (χ0) is 25.1. The summed E-state index contributed by atoms with van der Waals surface area (Å²) in [4.78, 5) is 15.7. The van der Waals surface area contributed by atoms with Gasteiger partial charge in [-0.05, 0) is 53.9 Å². The third kappa shape index (κ3) is 5.27. The molecule has 4 aromatic rings. The summed E-state index contributed by atoms with van der Waals surface area (Å²) in [5, 5.41) is 18.8. The molecule has 176 valence electrons. The van der Waals surface area contributed by atoms with Gasteiger partial charge in [0.25, 0.3) is 11.8 Å². The van der Waals surface area contributed by atoms with Crippen LogP contribution in [0.4, 0.5) is 8.78 Å². The van der Waals surface area contributed by atoms with E-state index < -0.39 is 29.4 Å². The second-order valence-electron chi connectivity index (χ2n) is 7.38. The number of benzene rings is 2. The molecule has 2 aromatic carbocycles. The van der Waals surface area contributed by atoms with Crippen molar-refractivity contribution in [3.63, 3.8) is 0 Å². The molecule has 0 aliphatic rings. The van der Waals surface area contributed by atoms with Crippen LogP contribution in [0.25, 0.3) is 11.1 Å². The lowest BCUT2D eigenvalue weighted by Gasteiger charge is -2.12. The Morgan fingerprint density at radius 1 is 1.09 bits per heavy atom. The first-order chi connectivity index (χ1) is 16.8. The van der Waals surface area contributed by atoms with E-state index in [1.54, 1.807) is 19.1 Å². The van der Waals surface area contributed by atoms with E-state index in [9.17, 15) is 23.9 Å². The Bertz CT molecular complexity index is 1480. The Hall–Kier alpha value is -4.33. The average molecular weight is 493 g/mol. The third-order valence-electron chi connectivity index (χ3n) is 4.83. The molecule has 7 nitrogen and oxygen atoms in total. The molecule has 0 unspecified atom stereocenters. The van der Waals surface area contributed by atoms with Gasteiger partial charge in [0.2, 0.25) is 0 Å². The number of ether oxygens (including phenoxy) is 2. The van der Waals surface area contributed by atoms with Crippen LogP contribution in [0.15, 0.2) is 54.6 Å². The standard InChI is InChI=1S/C25H17F2N3O4S/c1-13-5-21(22(35-13)25(31)32)34-24-20(27)10-19(26)23(30-24)33-18-8-15(12-29)7-17(9-18)16-4-2-3-14(6-16)11-28/h2-10H,11,28H2,1H3,(H,31,32). The van der Waals surface area contributed by atoms with E-state index in [0.717, 1.165) is 22.5 Å². The number of thiophene rings is 1. The lowest BCUT2D eigenvalue weighted by atomic mass is 10.0. The van der Waals surface area contributed by atoms with Crippen molar-refractivity contribution in [1.82, 2.24) is 4.98 Å². The molecule has 4 rings (SSSR count). The van der Waals surface area contributed by atoms with Gasteiger partial charge in [0.1, 0.15) is 5.75 Å². The molecule has 2 heterocycles. The minimum Gasteiger partial charge on any atom is -0.477 e. The SMILES string of the molecule is Cc1cc(Oc2nc(Oc3cc(C#N)cc(-c4cccc(CN)c4)c3)c(F)cc2F)c(C(=O)O)s1. The van der Waals surface area contributed by atoms with Gasteiger partial charge in [-0.3, -0.25) is 0 Å². The first-order valence-electron chi connectivity index (χ1n) is 10.2. The molecule has 35 heavy (non-hydrogen) atoms. The van der Waals surface area contributed by atoms with Gasteiger partial charge in [-0.15, -0.1) is 11.3 Å². The van der Waals surface area contributed by atoms with Crippen LogP contribution < -0.4 is 15.2 Å². The van der Waals surface area contributed by atoms with Gasteiger partial charge in [0.05, 0.1) is 11.6 Å². The fourth-order valence-electron chi connectivity index (χ4n) is 3.28. The Morgan fingerprint density at radius 3 is 2.51 bits per heavy atom. The lowest BCUT2D eigenvalue weighted by molar-refractivity contribution is 0.0699. The number of carboxylic acid groups (broad SMARTS) is 1. The van der Waals surface area contributed by atoms with Crippen LogP contribution in [0.1, 0.15) is 25.7 Å². The second kappa shape index (κ2) is 9.89. The van der Waals surface area contributed by atoms with Crippen LogP contribution >= 0.6 is 11.3 Å². The Morgan fingerprint density at radius 2 is 1.83 bits per heavy atom. The number of carboxylic acids is 1. The van der Waals surface area contributed by atoms with Crippen LogP contribution in [-0.4, -0.2) is 16.1 Å². The number of nitrogens with two attached hydrogens (primary N) is 1. The van der Waals surface area contributed by atoms with Crippen LogP contribution in [0.5, 0.6) is 23.3 Å². The molecule has 0 spiro atoms. The van der Waals surface area contributed by atoms with Gasteiger partial charge in [0, 0.05) is 17.5 Å². The summed E-state index contributed by atoms with van der Waals surface area (Å²) in [7, 11) is 0. The molecule has 0 aliphatic heterocycles. The highest BCUT2D eigenvalue weighted by molar-refractivity contribution is 7.14. The van der Waals surface area contributed by atoms with Crippen LogP contribution in [0.3, 0.4) is 0 Å². The Balaban J connectivity index is 1.70. The number of aromatic carboxylic acids is 1. The summed E-state index contributed by atoms with van der Waals surface area (Å²) < 4.78 is 39.8. The van der Waals surface area contributed by atoms with Gasteiger partial charge >= 0.3 is 5.97 Å². The van der Waals surface area contributed by atoms with Crippen molar-refractivity contribution >= 4 is 17.3 Å². The highest BCUT2D eigenvalue weighted by Crippen LogP contribution is 2.36. The topological polar surface area (TPSA) is 118 Å². The first kappa shape index (κ1) is 23.8. The van der Waals surface area contributed by atoms with E-state index >= 15 is 0 Å². The number of hydrogen-bond acceptors (Lipinski definition) is 7. The smallest absolute Gasteiger partial charge is 0.349 e. The summed E-state index contributed by atoms with van der Waals surface area (Å²) in [6, 6.07) is 15.9. The maximum absolute atomic E-state index is 14.5. The normalized spacial score (nSPS) is 10.6. The van der Waals surface area contributed by atoms with Crippen molar-refractivity contribution in [2.24, 2.45) is 5.73 Å². The lowest BCUT2D eigenvalue weighted by Crippen LogP contribution is -2.01. The monoisotopic (exact) mass is 493 g/mol. The van der Waals surface area contributed by atoms with Gasteiger partial charge in [-0.2, -0.15) is 10.2 Å². The highest BCUT2D eigenvalue weighted by atomic mass is 32.1. The van der Waals surface area contributed by atoms with E-state index in [0.29, 0.717) is 23.1 Å². The molecule has 0 fully saturated rings. The number of carbonyl (C=O) groups is 1. The van der Waals surface area contributed by atoms with E-state index in [1.807, 2.05) is 30.3 Å². The summed E-state index contributed by atoms with van der Waals surface area (Å²) in [5.74, 6) is -4.81. The fraction of sp³-hybridized carbons (Fsp3) is 0.0800. The quantitative estimate of drug-likeness (QED) is 0.324. The summed E-state index contributed by atoms with van der Waals surface area (Å²) in [6.45, 7) is 1.99. The van der Waals surface area contributed by atoms with Crippen LogP contribution in [0.2, 0.25) is 0 Å². The van der Waals surface area contributed by atoms with E-state index in [2.05, 4.69) is 4.98 Å². The molecule has 0 amide bonds. The van der Waals surface area contributed by atoms with Crippen molar-refractivity contribution in [1.29, 1.82) is 5.26 Å². The number of rotatable bonds is 7. The summed E-state index contributed by atoms with van der Waals surface area (Å²) in [5.41, 5.74) is 8.22. The number of nitriles is 1. The molecular formula is C25H17F2N3O4S. The van der Waals surface area contributed by atoms with Gasteiger partial charge < -0.3 is 20.3 Å². The van der Waals surface area contributed by atoms with Gasteiger partial charge in [-0.25, -0.2) is 13.6 Å². The predicted octanol–water partition coefficient (Wildman–Crippen LogP) is 6.01. The molecular weight excluding hydrogens is 476 g/mol. The molecule has 0 saturated heterocycles. The second-order valence-corrected chi connectivity index (χ2v) is 8.64. The maximum atomic E-state index is 14.5. The van der Waals surface area contributed by atoms with E-state index in [-0.39, 0.29) is 21.9 Å². The van der Waals surface area contributed by atoms with Crippen molar-refractivity contribution in [3.05, 3.63) is 87.1 Å². The van der Waals surface area contributed by atoms with Gasteiger partial charge in [-0.1, -0.05) is 18.2 Å². The van der Waals surface area contributed by atoms with Gasteiger partial charge in [0.15, 0.2) is 22.3 Å². The number of pyridine rings is 1. The molecule has 2 aromatic heterocycles. The highest BCUT2D eigenvalue weighted by Gasteiger charge is 2.21. The Labute approximate surface area is 202 Å². The molecule has 0 radical (unpaired) electrons. The van der Waals surface area contributed by atoms with Crippen molar-refractivity contribution in [2.75, 3.05) is 0 Å². The summed E-state index contributed by atoms with van der Waals surface area (Å²) >= 11 is 0.945. The molecule has 0 atom stereocenters. The third-order valence-corrected chi connectivity index (χ3v) is 5.85. The van der Waals surface area contributed by atoms with E-state index in [1.165, 1.54) is 12.1 Å². The molecule has 3 N–H and O–H groups in total. The van der Waals surface area contributed by atoms with Crippen molar-refractivity contribution in [3.8, 4) is 40.5 Å². The number of hydrogen-bond donors (Lipinski definition) is 2. The maximum Gasteiger partial charge on any atom is 0.349 e. The molecule has 0 bridgehead atoms. The number of aryl methyl sites for hydroxylation is 1. The predicted molar refractivity (Wildman–Crippen MR) is 125 cm³/mol.